The molecule has 0 spiro atoms. The fourth-order valence-electron chi connectivity index (χ4n) is 4.62. The average Bonchev–Trinajstić information content (AvgIpc) is 3.05. The molecule has 0 aromatic heterocycles. The fraction of sp³-hybridized carbons (Fsp3) is 0.133. The molecule has 168 valence electrons. The molecular formula is C30H26N2O2. The number of carbonyl (C=O) groups excluding carboxylic acids is 2. The molecule has 4 aromatic carbocycles. The van der Waals surface area contributed by atoms with E-state index in [0.29, 0.717) is 17.0 Å². The van der Waals surface area contributed by atoms with E-state index in [1.165, 1.54) is 4.90 Å². The highest BCUT2D eigenvalue weighted by Crippen LogP contribution is 2.38. The lowest BCUT2D eigenvalue weighted by Gasteiger charge is -2.18. The van der Waals surface area contributed by atoms with Crippen LogP contribution in [0.4, 0.5) is 11.4 Å². The number of anilines is 2. The Kier molecular flexibility index (Phi) is 5.29. The topological polar surface area (TPSA) is 49.4 Å². The van der Waals surface area contributed by atoms with Crippen molar-refractivity contribution in [1.82, 2.24) is 0 Å². The van der Waals surface area contributed by atoms with Gasteiger partial charge in [-0.3, -0.25) is 9.59 Å². The summed E-state index contributed by atoms with van der Waals surface area (Å²) in [6.45, 7) is 7.99. The smallest absolute Gasteiger partial charge is 0.282 e. The Morgan fingerprint density at radius 2 is 1.38 bits per heavy atom. The third-order valence-electron chi connectivity index (χ3n) is 6.40. The third kappa shape index (κ3) is 3.57. The number of amides is 2. The van der Waals surface area contributed by atoms with Crippen molar-refractivity contribution in [2.24, 2.45) is 0 Å². The lowest BCUT2D eigenvalue weighted by molar-refractivity contribution is -0.120. The van der Waals surface area contributed by atoms with Gasteiger partial charge in [0.05, 0.1) is 11.3 Å². The summed E-state index contributed by atoms with van der Waals surface area (Å²) in [5.74, 6) is -0.668. The van der Waals surface area contributed by atoms with E-state index < -0.39 is 0 Å². The monoisotopic (exact) mass is 446 g/mol. The number of carbonyl (C=O) groups is 2. The molecule has 1 aliphatic heterocycles. The molecule has 0 saturated carbocycles. The van der Waals surface area contributed by atoms with Gasteiger partial charge in [0, 0.05) is 11.1 Å². The van der Waals surface area contributed by atoms with E-state index in [-0.39, 0.29) is 11.8 Å². The van der Waals surface area contributed by atoms with Gasteiger partial charge in [0.15, 0.2) is 0 Å². The molecule has 1 N–H and O–H groups in total. The Balaban J connectivity index is 1.71. The van der Waals surface area contributed by atoms with Gasteiger partial charge in [0.25, 0.3) is 11.8 Å². The average molecular weight is 447 g/mol. The molecule has 2 amide bonds. The molecule has 0 saturated heterocycles. The molecule has 4 aromatic rings. The molecule has 0 aliphatic carbocycles. The first-order valence-corrected chi connectivity index (χ1v) is 11.4. The van der Waals surface area contributed by atoms with Crippen molar-refractivity contribution in [2.75, 3.05) is 10.2 Å². The molecule has 1 heterocycles. The van der Waals surface area contributed by atoms with Gasteiger partial charge in [0.2, 0.25) is 0 Å². The van der Waals surface area contributed by atoms with Crippen LogP contribution in [0.2, 0.25) is 0 Å². The summed E-state index contributed by atoms with van der Waals surface area (Å²) < 4.78 is 0. The van der Waals surface area contributed by atoms with E-state index in [1.807, 2.05) is 107 Å². The largest absolute Gasteiger partial charge is 0.350 e. The first-order valence-electron chi connectivity index (χ1n) is 11.4. The number of benzene rings is 4. The predicted octanol–water partition coefficient (Wildman–Crippen LogP) is 6.47. The van der Waals surface area contributed by atoms with Crippen molar-refractivity contribution in [1.29, 1.82) is 0 Å². The van der Waals surface area contributed by atoms with E-state index in [9.17, 15) is 9.59 Å². The van der Waals surface area contributed by atoms with E-state index in [2.05, 4.69) is 5.32 Å². The van der Waals surface area contributed by atoms with Gasteiger partial charge >= 0.3 is 0 Å². The number of imide groups is 1. The van der Waals surface area contributed by atoms with Gasteiger partial charge in [0.1, 0.15) is 5.70 Å². The lowest BCUT2D eigenvalue weighted by atomic mass is 9.97. The van der Waals surface area contributed by atoms with Crippen LogP contribution in [0, 0.1) is 27.7 Å². The standard InChI is InChI=1S/C30H26N2O2/c1-18-13-15-23(21(4)16-18)27-28(31-25-17-19(2)12-14-20(25)3)30(34)32(29(27)33)26-11-7-9-22-8-5-6-10-24(22)26/h5-17,31H,1-4H3. The zero-order chi connectivity index (χ0) is 24.0. The number of rotatable bonds is 4. The minimum Gasteiger partial charge on any atom is -0.350 e. The van der Waals surface area contributed by atoms with Gasteiger partial charge in [-0.25, -0.2) is 4.90 Å². The summed E-state index contributed by atoms with van der Waals surface area (Å²) >= 11 is 0. The number of aryl methyl sites for hydroxylation is 4. The Morgan fingerprint density at radius 3 is 2.18 bits per heavy atom. The van der Waals surface area contributed by atoms with Gasteiger partial charge in [-0.05, 0) is 67.5 Å². The minimum absolute atomic E-state index is 0.304. The fourth-order valence-corrected chi connectivity index (χ4v) is 4.62. The molecule has 4 nitrogen and oxygen atoms in total. The maximum Gasteiger partial charge on any atom is 0.282 e. The summed E-state index contributed by atoms with van der Waals surface area (Å²) in [4.78, 5) is 29.2. The second-order valence-corrected chi connectivity index (χ2v) is 8.96. The highest BCUT2D eigenvalue weighted by molar-refractivity contribution is 6.47. The number of hydrogen-bond acceptors (Lipinski definition) is 3. The van der Waals surface area contributed by atoms with Crippen LogP contribution in [0.15, 0.2) is 84.6 Å². The van der Waals surface area contributed by atoms with E-state index >= 15 is 0 Å². The molecule has 1 aliphatic rings. The highest BCUT2D eigenvalue weighted by Gasteiger charge is 2.41. The quantitative estimate of drug-likeness (QED) is 0.366. The van der Waals surface area contributed by atoms with Crippen LogP contribution in [0.25, 0.3) is 16.3 Å². The van der Waals surface area contributed by atoms with E-state index in [0.717, 1.165) is 44.3 Å². The van der Waals surface area contributed by atoms with Gasteiger partial charge in [-0.1, -0.05) is 72.3 Å². The SMILES string of the molecule is Cc1ccc(C2=C(Nc3cc(C)ccc3C)C(=O)N(c3cccc4ccccc34)C2=O)c(C)c1. The summed E-state index contributed by atoms with van der Waals surface area (Å²) in [6, 6.07) is 25.5. The molecule has 34 heavy (non-hydrogen) atoms. The maximum absolute atomic E-state index is 14.0. The van der Waals surface area contributed by atoms with Crippen molar-refractivity contribution in [3.8, 4) is 0 Å². The van der Waals surface area contributed by atoms with Crippen LogP contribution in [0.3, 0.4) is 0 Å². The summed E-state index contributed by atoms with van der Waals surface area (Å²) in [7, 11) is 0. The molecule has 0 fully saturated rings. The van der Waals surface area contributed by atoms with Crippen LogP contribution in [0.5, 0.6) is 0 Å². The van der Waals surface area contributed by atoms with Gasteiger partial charge < -0.3 is 5.32 Å². The molecule has 5 rings (SSSR count). The first-order chi connectivity index (χ1) is 16.3. The van der Waals surface area contributed by atoms with Crippen LogP contribution in [-0.4, -0.2) is 11.8 Å². The van der Waals surface area contributed by atoms with Crippen molar-refractivity contribution < 1.29 is 9.59 Å². The molecule has 0 atom stereocenters. The Morgan fingerprint density at radius 1 is 0.676 bits per heavy atom. The van der Waals surface area contributed by atoms with Gasteiger partial charge in [-0.15, -0.1) is 0 Å². The predicted molar refractivity (Wildman–Crippen MR) is 139 cm³/mol. The summed E-state index contributed by atoms with van der Waals surface area (Å²) in [5, 5.41) is 5.17. The Hall–Kier alpha value is -4.18. The van der Waals surface area contributed by atoms with Gasteiger partial charge in [-0.2, -0.15) is 0 Å². The second-order valence-electron chi connectivity index (χ2n) is 8.96. The Bertz CT molecular complexity index is 1510. The van der Waals surface area contributed by atoms with Crippen LogP contribution >= 0.6 is 0 Å². The zero-order valence-corrected chi connectivity index (χ0v) is 19.8. The highest BCUT2D eigenvalue weighted by atomic mass is 16.2. The number of fused-ring (bicyclic) bond motifs is 1. The third-order valence-corrected chi connectivity index (χ3v) is 6.40. The molecule has 0 bridgehead atoms. The molecule has 4 heteroatoms. The lowest BCUT2D eigenvalue weighted by Crippen LogP contribution is -2.32. The summed E-state index contributed by atoms with van der Waals surface area (Å²) in [5.41, 5.74) is 7.01. The van der Waals surface area contributed by atoms with Crippen molar-refractivity contribution in [2.45, 2.75) is 27.7 Å². The normalized spacial score (nSPS) is 13.8. The van der Waals surface area contributed by atoms with Crippen molar-refractivity contribution in [3.05, 3.63) is 112 Å². The van der Waals surface area contributed by atoms with Crippen LogP contribution in [-0.2, 0) is 9.59 Å². The summed E-state index contributed by atoms with van der Waals surface area (Å²) in [6.07, 6.45) is 0. The van der Waals surface area contributed by atoms with Crippen LogP contribution < -0.4 is 10.2 Å². The molecular weight excluding hydrogens is 420 g/mol. The first kappa shape index (κ1) is 21.7. The Labute approximate surface area is 199 Å². The van der Waals surface area contributed by atoms with Crippen molar-refractivity contribution >= 4 is 39.5 Å². The minimum atomic E-state index is -0.350. The second kappa shape index (κ2) is 8.31. The number of nitrogens with one attached hydrogen (secondary N) is 1. The number of hydrogen-bond donors (Lipinski definition) is 1. The van der Waals surface area contributed by atoms with Crippen LogP contribution in [0.1, 0.15) is 27.8 Å². The number of nitrogens with zero attached hydrogens (tertiary/aromatic N) is 1. The van der Waals surface area contributed by atoms with Crippen molar-refractivity contribution in [3.63, 3.8) is 0 Å². The van der Waals surface area contributed by atoms with E-state index in [1.54, 1.807) is 0 Å². The zero-order valence-electron chi connectivity index (χ0n) is 19.8. The molecule has 0 radical (unpaired) electrons. The maximum atomic E-state index is 14.0. The van der Waals surface area contributed by atoms with E-state index in [4.69, 9.17) is 0 Å². The molecule has 0 unspecified atom stereocenters.